The van der Waals surface area contributed by atoms with Crippen LogP contribution in [-0.4, -0.2) is 63.4 Å². The van der Waals surface area contributed by atoms with Gasteiger partial charge in [0.05, 0.1) is 36.8 Å². The maximum Gasteiger partial charge on any atom is 0.231 e. The van der Waals surface area contributed by atoms with E-state index in [9.17, 15) is 19.5 Å². The maximum absolute atomic E-state index is 12.8. The topological polar surface area (TPSA) is 96.4 Å². The molecular weight excluding hydrogens is 668 g/mol. The molecule has 4 heterocycles. The van der Waals surface area contributed by atoms with Gasteiger partial charge >= 0.3 is 0 Å². The summed E-state index contributed by atoms with van der Waals surface area (Å²) in [5.41, 5.74) is 1.29. The van der Waals surface area contributed by atoms with Crippen LogP contribution in [0.5, 0.6) is 0 Å². The van der Waals surface area contributed by atoms with Crippen LogP contribution in [0.25, 0.3) is 0 Å². The number of aliphatic hydroxyl groups is 1. The minimum absolute atomic E-state index is 0.0626. The van der Waals surface area contributed by atoms with Crippen molar-refractivity contribution in [3.63, 3.8) is 0 Å². The number of ether oxygens (including phenoxy) is 2. The van der Waals surface area contributed by atoms with Crippen LogP contribution in [0.2, 0.25) is 0 Å². The van der Waals surface area contributed by atoms with Crippen LogP contribution >= 0.6 is 31.9 Å². The van der Waals surface area contributed by atoms with Gasteiger partial charge in [-0.15, -0.1) is 0 Å². The number of ketones is 1. The first-order chi connectivity index (χ1) is 20.2. The summed E-state index contributed by atoms with van der Waals surface area (Å²) in [6.45, 7) is 1.24. The Morgan fingerprint density at radius 1 is 0.738 bits per heavy atom. The minimum Gasteiger partial charge on any atom is -0.389 e. The van der Waals surface area contributed by atoms with E-state index in [4.69, 9.17) is 9.47 Å². The molecule has 2 aromatic rings. The van der Waals surface area contributed by atoms with Crippen LogP contribution in [-0.2, 0) is 23.9 Å². The normalized spacial score (nSPS) is 30.5. The first-order valence-electron chi connectivity index (χ1n) is 14.8. The van der Waals surface area contributed by atoms with Crippen molar-refractivity contribution in [1.82, 2.24) is 9.80 Å². The number of carbonyl (C=O) groups excluding carboxylic acids is 3. The number of nitrogens with zero attached hydrogens (tertiary/aromatic N) is 2. The summed E-state index contributed by atoms with van der Waals surface area (Å²) in [5.74, 6) is 0.478. The Bertz CT molecular complexity index is 1310. The van der Waals surface area contributed by atoms with Crippen LogP contribution in [0.4, 0.5) is 0 Å². The summed E-state index contributed by atoms with van der Waals surface area (Å²) in [4.78, 5) is 38.1. The zero-order valence-corrected chi connectivity index (χ0v) is 26.6. The number of fused-ring (bicyclic) bond motifs is 2. The third-order valence-electron chi connectivity index (χ3n) is 9.31. The largest absolute Gasteiger partial charge is 0.389 e. The molecule has 42 heavy (non-hydrogen) atoms. The van der Waals surface area contributed by atoms with Gasteiger partial charge in [-0.25, -0.2) is 0 Å². The van der Waals surface area contributed by atoms with Crippen LogP contribution in [0.15, 0.2) is 57.5 Å². The maximum atomic E-state index is 12.8. The number of Topliss-reactive ketones (excluding diaryl/α,β-unsaturated/α-hetero) is 1. The second kappa shape index (κ2) is 12.5. The van der Waals surface area contributed by atoms with Gasteiger partial charge < -0.3 is 24.4 Å². The third kappa shape index (κ3) is 5.98. The highest BCUT2D eigenvalue weighted by molar-refractivity contribution is 9.10. The second-order valence-corrected chi connectivity index (χ2v) is 13.8. The van der Waals surface area contributed by atoms with Gasteiger partial charge in [-0.3, -0.25) is 14.4 Å². The molecule has 0 aromatic heterocycles. The Kier molecular flexibility index (Phi) is 8.90. The van der Waals surface area contributed by atoms with Crippen molar-refractivity contribution in [3.8, 4) is 0 Å². The van der Waals surface area contributed by atoms with E-state index < -0.39 is 5.60 Å². The fourth-order valence-corrected chi connectivity index (χ4v) is 7.07. The van der Waals surface area contributed by atoms with Gasteiger partial charge in [-0.05, 0) is 62.8 Å². The molecule has 4 aliphatic heterocycles. The van der Waals surface area contributed by atoms with Crippen molar-refractivity contribution >= 4 is 49.5 Å². The molecular formula is C32H36Br2N2O6. The fourth-order valence-electron chi connectivity index (χ4n) is 6.54. The molecule has 6 fully saturated rings. The quantitative estimate of drug-likeness (QED) is 0.433. The van der Waals surface area contributed by atoms with Crippen molar-refractivity contribution in [2.45, 2.75) is 87.9 Å². The van der Waals surface area contributed by atoms with Gasteiger partial charge in [0.1, 0.15) is 5.78 Å². The minimum atomic E-state index is -0.758. The smallest absolute Gasteiger partial charge is 0.231 e. The molecule has 0 bridgehead atoms. The Hall–Kier alpha value is -2.11. The Morgan fingerprint density at radius 3 is 1.74 bits per heavy atom. The number of carbonyl (C=O) groups is 3. The Balaban J connectivity index is 0.000000132. The van der Waals surface area contributed by atoms with E-state index in [-0.39, 0.29) is 36.2 Å². The molecule has 2 amide bonds. The number of halogens is 2. The van der Waals surface area contributed by atoms with E-state index in [1.165, 1.54) is 0 Å². The highest BCUT2D eigenvalue weighted by atomic mass is 79.9. The van der Waals surface area contributed by atoms with Crippen molar-refractivity contribution in [2.24, 2.45) is 5.92 Å². The molecule has 2 aromatic carbocycles. The summed E-state index contributed by atoms with van der Waals surface area (Å²) >= 11 is 6.82. The van der Waals surface area contributed by atoms with Gasteiger partial charge in [-0.1, -0.05) is 56.1 Å². The molecule has 10 heteroatoms. The number of rotatable bonds is 3. The molecule has 4 saturated heterocycles. The van der Waals surface area contributed by atoms with Gasteiger partial charge in [0.15, 0.2) is 12.5 Å². The molecule has 1 N–H and O–H groups in total. The average molecular weight is 704 g/mol. The van der Waals surface area contributed by atoms with Crippen LogP contribution in [0.1, 0.15) is 81.4 Å². The predicted octanol–water partition coefficient (Wildman–Crippen LogP) is 5.82. The van der Waals surface area contributed by atoms with Crippen molar-refractivity contribution in [3.05, 3.63) is 68.6 Å². The molecule has 2 saturated carbocycles. The van der Waals surface area contributed by atoms with Gasteiger partial charge in [0.2, 0.25) is 11.8 Å². The van der Waals surface area contributed by atoms with Crippen LogP contribution in [0.3, 0.4) is 0 Å². The van der Waals surface area contributed by atoms with Crippen molar-refractivity contribution < 1.29 is 29.0 Å². The SMILES string of the molecule is O=C1C(C2(O)CCC2)C[C@H]2CO[C@H](c3ccc(Br)cc3)N12.O=C1CCC1.O=C1CCC2CO[C@H](c3ccc(Br)cc3)N12. The first kappa shape index (κ1) is 29.9. The second-order valence-electron chi connectivity index (χ2n) is 12.0. The molecule has 224 valence electrons. The third-order valence-corrected chi connectivity index (χ3v) is 10.4. The van der Waals surface area contributed by atoms with Crippen molar-refractivity contribution in [2.75, 3.05) is 13.2 Å². The average Bonchev–Trinajstić information content (AvgIpc) is 3.72. The van der Waals surface area contributed by atoms with Crippen molar-refractivity contribution in [1.29, 1.82) is 0 Å². The number of benzene rings is 2. The first-order valence-corrected chi connectivity index (χ1v) is 16.4. The highest BCUT2D eigenvalue weighted by Crippen LogP contribution is 2.48. The predicted molar refractivity (Wildman–Crippen MR) is 162 cm³/mol. The van der Waals surface area contributed by atoms with E-state index in [1.54, 1.807) is 0 Å². The summed E-state index contributed by atoms with van der Waals surface area (Å²) in [5, 5.41) is 10.5. The lowest BCUT2D eigenvalue weighted by atomic mass is 9.70. The summed E-state index contributed by atoms with van der Waals surface area (Å²) in [6, 6.07) is 16.3. The highest BCUT2D eigenvalue weighted by Gasteiger charge is 2.56. The fraction of sp³-hybridized carbons (Fsp3) is 0.531. The van der Waals surface area contributed by atoms with E-state index in [2.05, 4.69) is 31.9 Å². The molecule has 0 spiro atoms. The molecule has 2 aliphatic carbocycles. The zero-order chi connectivity index (χ0) is 29.4. The van der Waals surface area contributed by atoms with Gasteiger partial charge in [0, 0.05) is 39.3 Å². The van der Waals surface area contributed by atoms with Crippen LogP contribution < -0.4 is 0 Å². The Labute approximate surface area is 263 Å². The summed E-state index contributed by atoms with van der Waals surface area (Å²) in [6.07, 6.45) is 7.23. The van der Waals surface area contributed by atoms with Gasteiger partial charge in [0.25, 0.3) is 0 Å². The van der Waals surface area contributed by atoms with E-state index in [0.717, 1.165) is 71.4 Å². The van der Waals surface area contributed by atoms with Gasteiger partial charge in [-0.2, -0.15) is 0 Å². The lowest BCUT2D eigenvalue weighted by molar-refractivity contribution is -0.151. The Morgan fingerprint density at radius 2 is 1.26 bits per heavy atom. The molecule has 2 unspecified atom stereocenters. The standard InChI is InChI=1S/C16H18BrNO3.C12H12BrNO2.C4H6O/c17-11-4-2-10(3-5-11)15-18-12(9-21-15)8-13(14(18)19)16(20)6-1-7-16;13-9-3-1-8(2-4-9)12-14-10(7-16-12)5-6-11(14)15;5-4-2-1-3-4/h2-5,12-13,15,20H,1,6-9H2;1-4,10,12H,5-7H2;1-3H2/t12-,13?,15+;10?,12-;/m01./s1. The zero-order valence-electron chi connectivity index (χ0n) is 23.4. The van der Waals surface area contributed by atoms with Crippen LogP contribution in [0, 0.1) is 5.92 Å². The lowest BCUT2D eigenvalue weighted by Gasteiger charge is -2.41. The summed E-state index contributed by atoms with van der Waals surface area (Å²) < 4.78 is 13.6. The molecule has 0 radical (unpaired) electrons. The number of amides is 2. The molecule has 8 rings (SSSR count). The molecule has 5 atom stereocenters. The monoisotopic (exact) mass is 702 g/mol. The van der Waals surface area contributed by atoms with E-state index in [0.29, 0.717) is 31.5 Å². The summed E-state index contributed by atoms with van der Waals surface area (Å²) in [7, 11) is 0. The van der Waals surface area contributed by atoms with E-state index >= 15 is 0 Å². The lowest BCUT2D eigenvalue weighted by Crippen LogP contribution is -2.48. The molecule has 6 aliphatic rings. The molecule has 8 nitrogen and oxygen atoms in total. The number of hydrogen-bond acceptors (Lipinski definition) is 6. The number of hydrogen-bond donors (Lipinski definition) is 1. The van der Waals surface area contributed by atoms with E-state index in [1.807, 2.05) is 58.3 Å².